The zero-order valence-electron chi connectivity index (χ0n) is 11.9. The number of phenols is 1. The molecule has 0 aromatic heterocycles. The number of hydrogen-bond acceptors (Lipinski definition) is 5. The van der Waals surface area contributed by atoms with E-state index in [1.54, 1.807) is 12.1 Å². The van der Waals surface area contributed by atoms with Gasteiger partial charge in [0.2, 0.25) is 0 Å². The molecular formula is C15H21NO4. The third kappa shape index (κ3) is 5.50. The molecule has 1 unspecified atom stereocenters. The van der Waals surface area contributed by atoms with Crippen LogP contribution in [-0.2, 0) is 20.9 Å². The predicted octanol–water partition coefficient (Wildman–Crippen LogP) is 1.24. The second kappa shape index (κ2) is 8.45. The molecule has 1 rings (SSSR count). The van der Waals surface area contributed by atoms with Crippen LogP contribution in [0.1, 0.15) is 12.0 Å². The van der Waals surface area contributed by atoms with Gasteiger partial charge in [-0.2, -0.15) is 0 Å². The highest BCUT2D eigenvalue weighted by Crippen LogP contribution is 2.12. The second-order valence-electron chi connectivity index (χ2n) is 4.83. The number of carbonyl (C=O) groups is 2. The van der Waals surface area contributed by atoms with Crippen LogP contribution >= 0.6 is 0 Å². The fourth-order valence-electron chi connectivity index (χ4n) is 1.91. The first-order chi connectivity index (χ1) is 9.56. The molecule has 110 valence electrons. The van der Waals surface area contributed by atoms with Crippen molar-refractivity contribution in [2.75, 3.05) is 27.3 Å². The normalized spacial score (nSPS) is 12.3. The van der Waals surface area contributed by atoms with Crippen LogP contribution in [0, 0.1) is 5.92 Å². The van der Waals surface area contributed by atoms with E-state index in [4.69, 9.17) is 4.74 Å². The van der Waals surface area contributed by atoms with Crippen LogP contribution in [0.5, 0.6) is 5.75 Å². The molecule has 0 fully saturated rings. The van der Waals surface area contributed by atoms with E-state index in [1.807, 2.05) is 24.1 Å². The summed E-state index contributed by atoms with van der Waals surface area (Å²) in [6.07, 6.45) is 1.18. The Morgan fingerprint density at radius 1 is 1.40 bits per heavy atom. The second-order valence-corrected chi connectivity index (χ2v) is 4.83. The van der Waals surface area contributed by atoms with Gasteiger partial charge in [0.25, 0.3) is 0 Å². The van der Waals surface area contributed by atoms with Crippen molar-refractivity contribution in [3.8, 4) is 5.75 Å². The Bertz CT molecular complexity index is 430. The first-order valence-electron chi connectivity index (χ1n) is 6.50. The van der Waals surface area contributed by atoms with Gasteiger partial charge in [-0.3, -0.25) is 4.79 Å². The maximum atomic E-state index is 11.6. The number of rotatable bonds is 9. The lowest BCUT2D eigenvalue weighted by atomic mass is 10.0. The molecule has 5 heteroatoms. The standard InChI is InChI=1S/C15H21NO4/c1-16(9-12-3-5-14(18)6-4-12)8-7-13(10-17)15(19)11-20-2/h3-6,10,13,18H,7-9,11H2,1-2H3. The molecule has 1 aromatic carbocycles. The van der Waals surface area contributed by atoms with E-state index in [2.05, 4.69) is 0 Å². The molecule has 0 amide bonds. The van der Waals surface area contributed by atoms with Crippen LogP contribution in [0.2, 0.25) is 0 Å². The van der Waals surface area contributed by atoms with Gasteiger partial charge in [0.05, 0.1) is 5.92 Å². The fourth-order valence-corrected chi connectivity index (χ4v) is 1.91. The number of nitrogens with zero attached hydrogens (tertiary/aromatic N) is 1. The van der Waals surface area contributed by atoms with Gasteiger partial charge in [-0.05, 0) is 37.7 Å². The Balaban J connectivity index is 2.41. The molecule has 1 atom stereocenters. The number of aromatic hydroxyl groups is 1. The van der Waals surface area contributed by atoms with Gasteiger partial charge in [-0.25, -0.2) is 0 Å². The summed E-state index contributed by atoms with van der Waals surface area (Å²) in [6, 6.07) is 6.97. The average molecular weight is 279 g/mol. The van der Waals surface area contributed by atoms with E-state index in [-0.39, 0.29) is 18.1 Å². The summed E-state index contributed by atoms with van der Waals surface area (Å²) < 4.78 is 4.75. The molecule has 0 saturated carbocycles. The van der Waals surface area contributed by atoms with Crippen LogP contribution in [0.15, 0.2) is 24.3 Å². The van der Waals surface area contributed by atoms with Gasteiger partial charge in [0.15, 0.2) is 5.78 Å². The molecular weight excluding hydrogens is 258 g/mol. The van der Waals surface area contributed by atoms with E-state index < -0.39 is 5.92 Å². The Kier molecular flexibility index (Phi) is 6.90. The van der Waals surface area contributed by atoms with Crippen molar-refractivity contribution in [1.82, 2.24) is 4.90 Å². The van der Waals surface area contributed by atoms with Crippen LogP contribution in [0.3, 0.4) is 0 Å². The van der Waals surface area contributed by atoms with Crippen molar-refractivity contribution in [2.45, 2.75) is 13.0 Å². The molecule has 0 bridgehead atoms. The Morgan fingerprint density at radius 3 is 2.60 bits per heavy atom. The highest BCUT2D eigenvalue weighted by molar-refractivity contribution is 5.94. The summed E-state index contributed by atoms with van der Waals surface area (Å²) in [7, 11) is 3.37. The molecule has 0 saturated heterocycles. The molecule has 5 nitrogen and oxygen atoms in total. The van der Waals surface area contributed by atoms with Crippen molar-refractivity contribution >= 4 is 12.1 Å². The van der Waals surface area contributed by atoms with Gasteiger partial charge in [-0.1, -0.05) is 12.1 Å². The van der Waals surface area contributed by atoms with Crippen molar-refractivity contribution in [1.29, 1.82) is 0 Å². The third-order valence-corrected chi connectivity index (χ3v) is 3.08. The van der Waals surface area contributed by atoms with Crippen LogP contribution in [0.25, 0.3) is 0 Å². The van der Waals surface area contributed by atoms with E-state index in [9.17, 15) is 14.7 Å². The van der Waals surface area contributed by atoms with Gasteiger partial charge in [-0.15, -0.1) is 0 Å². The molecule has 0 aliphatic rings. The largest absolute Gasteiger partial charge is 0.508 e. The van der Waals surface area contributed by atoms with Crippen molar-refractivity contribution in [3.05, 3.63) is 29.8 Å². The number of Topliss-reactive ketones (excluding diaryl/α,β-unsaturated/α-hetero) is 1. The lowest BCUT2D eigenvalue weighted by Crippen LogP contribution is -2.27. The zero-order valence-corrected chi connectivity index (χ0v) is 11.9. The van der Waals surface area contributed by atoms with E-state index in [0.29, 0.717) is 25.8 Å². The first-order valence-corrected chi connectivity index (χ1v) is 6.50. The highest BCUT2D eigenvalue weighted by Gasteiger charge is 2.17. The minimum absolute atomic E-state index is 0.0227. The van der Waals surface area contributed by atoms with Gasteiger partial charge >= 0.3 is 0 Å². The zero-order chi connectivity index (χ0) is 15.0. The summed E-state index contributed by atoms with van der Waals surface area (Å²) in [6.45, 7) is 1.31. The minimum Gasteiger partial charge on any atom is -0.508 e. The lowest BCUT2D eigenvalue weighted by molar-refractivity contribution is -0.130. The Labute approximate surface area is 119 Å². The van der Waals surface area contributed by atoms with Crippen molar-refractivity contribution in [3.63, 3.8) is 0 Å². The van der Waals surface area contributed by atoms with Crippen molar-refractivity contribution < 1.29 is 19.4 Å². The first kappa shape index (κ1) is 16.3. The highest BCUT2D eigenvalue weighted by atomic mass is 16.5. The number of methoxy groups -OCH3 is 1. The van der Waals surface area contributed by atoms with Gasteiger partial charge in [0, 0.05) is 13.7 Å². The van der Waals surface area contributed by atoms with Crippen LogP contribution in [0.4, 0.5) is 0 Å². The average Bonchev–Trinajstić information content (AvgIpc) is 2.42. The number of ketones is 1. The quantitative estimate of drug-likeness (QED) is 0.544. The number of carbonyl (C=O) groups excluding carboxylic acids is 2. The fraction of sp³-hybridized carbons (Fsp3) is 0.467. The summed E-state index contributed by atoms with van der Waals surface area (Å²) in [5.74, 6) is -0.541. The van der Waals surface area contributed by atoms with Gasteiger partial charge < -0.3 is 19.5 Å². The molecule has 0 aliphatic heterocycles. The topological polar surface area (TPSA) is 66.8 Å². The molecule has 0 aliphatic carbocycles. The smallest absolute Gasteiger partial charge is 0.168 e. The third-order valence-electron chi connectivity index (χ3n) is 3.08. The molecule has 0 radical (unpaired) electrons. The number of aldehydes is 1. The summed E-state index contributed by atoms with van der Waals surface area (Å²) in [5.41, 5.74) is 1.07. The molecule has 0 spiro atoms. The Morgan fingerprint density at radius 2 is 2.05 bits per heavy atom. The summed E-state index contributed by atoms with van der Waals surface area (Å²) in [4.78, 5) is 24.5. The summed E-state index contributed by atoms with van der Waals surface area (Å²) >= 11 is 0. The molecule has 0 heterocycles. The molecule has 20 heavy (non-hydrogen) atoms. The SMILES string of the molecule is COCC(=O)C(C=O)CCN(C)Cc1ccc(O)cc1. The lowest BCUT2D eigenvalue weighted by Gasteiger charge is -2.18. The predicted molar refractivity (Wildman–Crippen MR) is 75.5 cm³/mol. The summed E-state index contributed by atoms with van der Waals surface area (Å²) in [5, 5.41) is 9.21. The van der Waals surface area contributed by atoms with E-state index in [0.717, 1.165) is 5.56 Å². The van der Waals surface area contributed by atoms with E-state index >= 15 is 0 Å². The van der Waals surface area contributed by atoms with Crippen LogP contribution in [-0.4, -0.2) is 49.4 Å². The maximum Gasteiger partial charge on any atom is 0.168 e. The number of benzene rings is 1. The number of hydrogen-bond donors (Lipinski definition) is 1. The maximum absolute atomic E-state index is 11.6. The van der Waals surface area contributed by atoms with Crippen molar-refractivity contribution in [2.24, 2.45) is 5.92 Å². The Hall–Kier alpha value is -1.72. The molecule has 1 N–H and O–H groups in total. The monoisotopic (exact) mass is 279 g/mol. The minimum atomic E-state index is -0.600. The molecule has 1 aromatic rings. The van der Waals surface area contributed by atoms with E-state index in [1.165, 1.54) is 7.11 Å². The number of phenolic OH excluding ortho intramolecular Hbond substituents is 1. The van der Waals surface area contributed by atoms with Gasteiger partial charge in [0.1, 0.15) is 18.6 Å². The number of ether oxygens (including phenoxy) is 1. The van der Waals surface area contributed by atoms with Crippen LogP contribution < -0.4 is 0 Å².